The summed E-state index contributed by atoms with van der Waals surface area (Å²) in [6, 6.07) is 4.54. The van der Waals surface area contributed by atoms with Gasteiger partial charge in [0.25, 0.3) is 0 Å². The quantitative estimate of drug-likeness (QED) is 0.831. The van der Waals surface area contributed by atoms with Crippen molar-refractivity contribution >= 4 is 0 Å². The molecule has 20 heavy (non-hydrogen) atoms. The SMILES string of the molecule is CCCN(CCCc1cccnc1)[C@@H]1CCCC[C@H]1O. The molecule has 0 spiro atoms. The first kappa shape index (κ1) is 15.5. The molecule has 1 aliphatic carbocycles. The normalized spacial score (nSPS) is 23.1. The van der Waals surface area contributed by atoms with E-state index in [1.807, 2.05) is 18.5 Å². The van der Waals surface area contributed by atoms with E-state index in [9.17, 15) is 5.11 Å². The Morgan fingerprint density at radius 1 is 1.30 bits per heavy atom. The van der Waals surface area contributed by atoms with Crippen LogP contribution >= 0.6 is 0 Å². The predicted molar refractivity (Wildman–Crippen MR) is 82.7 cm³/mol. The van der Waals surface area contributed by atoms with Crippen LogP contribution in [0.2, 0.25) is 0 Å². The van der Waals surface area contributed by atoms with Gasteiger partial charge in [0, 0.05) is 18.4 Å². The summed E-state index contributed by atoms with van der Waals surface area (Å²) in [6.45, 7) is 4.42. The summed E-state index contributed by atoms with van der Waals surface area (Å²) in [6.07, 6.45) is 11.7. The fraction of sp³-hybridized carbons (Fsp3) is 0.706. The van der Waals surface area contributed by atoms with Crippen LogP contribution in [0.4, 0.5) is 0 Å². The number of hydrogen-bond acceptors (Lipinski definition) is 3. The molecule has 1 aliphatic rings. The van der Waals surface area contributed by atoms with E-state index in [1.165, 1.54) is 18.4 Å². The lowest BCUT2D eigenvalue weighted by Crippen LogP contribution is -2.46. The van der Waals surface area contributed by atoms with Crippen LogP contribution in [0.25, 0.3) is 0 Å². The average molecular weight is 276 g/mol. The highest BCUT2D eigenvalue weighted by atomic mass is 16.3. The van der Waals surface area contributed by atoms with Crippen molar-refractivity contribution in [2.75, 3.05) is 13.1 Å². The van der Waals surface area contributed by atoms with Gasteiger partial charge >= 0.3 is 0 Å². The van der Waals surface area contributed by atoms with Crippen LogP contribution in [0.1, 0.15) is 51.0 Å². The van der Waals surface area contributed by atoms with Gasteiger partial charge in [0.05, 0.1) is 6.10 Å². The first-order valence-electron chi connectivity index (χ1n) is 8.12. The van der Waals surface area contributed by atoms with Crippen LogP contribution in [0.5, 0.6) is 0 Å². The second-order valence-corrected chi connectivity index (χ2v) is 5.92. The second kappa shape index (κ2) is 8.38. The van der Waals surface area contributed by atoms with E-state index in [-0.39, 0.29) is 6.10 Å². The molecule has 1 fully saturated rings. The number of rotatable bonds is 7. The summed E-state index contributed by atoms with van der Waals surface area (Å²) in [7, 11) is 0. The van der Waals surface area contributed by atoms with Gasteiger partial charge in [-0.25, -0.2) is 0 Å². The van der Waals surface area contributed by atoms with Crippen molar-refractivity contribution in [2.24, 2.45) is 0 Å². The molecule has 112 valence electrons. The Morgan fingerprint density at radius 3 is 2.85 bits per heavy atom. The third-order valence-corrected chi connectivity index (χ3v) is 4.31. The molecular formula is C17H28N2O. The molecule has 0 saturated heterocycles. The van der Waals surface area contributed by atoms with Gasteiger partial charge in [-0.15, -0.1) is 0 Å². The largest absolute Gasteiger partial charge is 0.391 e. The molecule has 1 aromatic rings. The fourth-order valence-corrected chi connectivity index (χ4v) is 3.28. The van der Waals surface area contributed by atoms with Crippen molar-refractivity contribution in [3.05, 3.63) is 30.1 Å². The number of nitrogens with zero attached hydrogens (tertiary/aromatic N) is 2. The van der Waals surface area contributed by atoms with E-state index >= 15 is 0 Å². The Morgan fingerprint density at radius 2 is 2.15 bits per heavy atom. The van der Waals surface area contributed by atoms with Crippen molar-refractivity contribution < 1.29 is 5.11 Å². The third-order valence-electron chi connectivity index (χ3n) is 4.31. The molecule has 0 unspecified atom stereocenters. The monoisotopic (exact) mass is 276 g/mol. The van der Waals surface area contributed by atoms with Crippen LogP contribution < -0.4 is 0 Å². The van der Waals surface area contributed by atoms with Crippen molar-refractivity contribution in [1.29, 1.82) is 0 Å². The number of aromatic nitrogens is 1. The maximum Gasteiger partial charge on any atom is 0.0695 e. The summed E-state index contributed by atoms with van der Waals surface area (Å²) in [4.78, 5) is 6.68. The smallest absolute Gasteiger partial charge is 0.0695 e. The maximum absolute atomic E-state index is 10.2. The molecule has 0 aliphatic heterocycles. The van der Waals surface area contributed by atoms with E-state index < -0.39 is 0 Å². The third kappa shape index (κ3) is 4.57. The van der Waals surface area contributed by atoms with E-state index in [2.05, 4.69) is 22.9 Å². The van der Waals surface area contributed by atoms with Gasteiger partial charge < -0.3 is 5.11 Å². The van der Waals surface area contributed by atoms with Gasteiger partial charge in [0.15, 0.2) is 0 Å². The summed E-state index contributed by atoms with van der Waals surface area (Å²) in [5.74, 6) is 0. The van der Waals surface area contributed by atoms with Crippen LogP contribution in [-0.4, -0.2) is 40.2 Å². The standard InChI is InChI=1S/C17H28N2O/c1-2-12-19(16-9-3-4-10-17(16)20)13-6-8-15-7-5-11-18-14-15/h5,7,11,14,16-17,20H,2-4,6,8-10,12-13H2,1H3/t16-,17-/m1/s1. The Kier molecular flexibility index (Phi) is 6.48. The zero-order chi connectivity index (χ0) is 14.2. The molecule has 2 rings (SSSR count). The minimum absolute atomic E-state index is 0.117. The van der Waals surface area contributed by atoms with Crippen molar-refractivity contribution in [2.45, 2.75) is 64.0 Å². The van der Waals surface area contributed by atoms with E-state index in [0.29, 0.717) is 6.04 Å². The summed E-state index contributed by atoms with van der Waals surface area (Å²) < 4.78 is 0. The highest BCUT2D eigenvalue weighted by Gasteiger charge is 2.27. The molecule has 1 N–H and O–H groups in total. The lowest BCUT2D eigenvalue weighted by Gasteiger charge is -2.37. The van der Waals surface area contributed by atoms with Crippen molar-refractivity contribution in [3.8, 4) is 0 Å². The molecule has 0 bridgehead atoms. The van der Waals surface area contributed by atoms with E-state index in [4.69, 9.17) is 0 Å². The molecule has 1 aromatic heterocycles. The topological polar surface area (TPSA) is 36.4 Å². The van der Waals surface area contributed by atoms with Crippen molar-refractivity contribution in [1.82, 2.24) is 9.88 Å². The summed E-state index contributed by atoms with van der Waals surface area (Å²) in [5, 5.41) is 10.2. The minimum Gasteiger partial charge on any atom is -0.391 e. The van der Waals surface area contributed by atoms with Crippen LogP contribution in [0, 0.1) is 0 Å². The fourth-order valence-electron chi connectivity index (χ4n) is 3.28. The number of aliphatic hydroxyl groups excluding tert-OH is 1. The highest BCUT2D eigenvalue weighted by Crippen LogP contribution is 2.23. The zero-order valence-electron chi connectivity index (χ0n) is 12.7. The molecule has 1 saturated carbocycles. The maximum atomic E-state index is 10.2. The van der Waals surface area contributed by atoms with Gasteiger partial charge in [-0.2, -0.15) is 0 Å². The van der Waals surface area contributed by atoms with E-state index in [0.717, 1.165) is 45.2 Å². The first-order valence-corrected chi connectivity index (χ1v) is 8.12. The molecule has 0 amide bonds. The Bertz CT molecular complexity index is 369. The second-order valence-electron chi connectivity index (χ2n) is 5.92. The number of pyridine rings is 1. The van der Waals surface area contributed by atoms with Crippen LogP contribution in [0.3, 0.4) is 0 Å². The molecule has 3 heteroatoms. The highest BCUT2D eigenvalue weighted by molar-refractivity contribution is 5.08. The minimum atomic E-state index is -0.117. The lowest BCUT2D eigenvalue weighted by molar-refractivity contribution is 0.0192. The Hall–Kier alpha value is -0.930. The van der Waals surface area contributed by atoms with Crippen molar-refractivity contribution in [3.63, 3.8) is 0 Å². The van der Waals surface area contributed by atoms with Gasteiger partial charge in [-0.05, 0) is 56.8 Å². The number of aliphatic hydroxyl groups is 1. The van der Waals surface area contributed by atoms with Crippen LogP contribution in [-0.2, 0) is 6.42 Å². The van der Waals surface area contributed by atoms with Gasteiger partial charge in [-0.3, -0.25) is 9.88 Å². The number of aryl methyl sites for hydroxylation is 1. The summed E-state index contributed by atoms with van der Waals surface area (Å²) in [5.41, 5.74) is 1.31. The van der Waals surface area contributed by atoms with Crippen LogP contribution in [0.15, 0.2) is 24.5 Å². The van der Waals surface area contributed by atoms with E-state index in [1.54, 1.807) is 0 Å². The molecule has 2 atom stereocenters. The Balaban J connectivity index is 1.82. The molecule has 3 nitrogen and oxygen atoms in total. The number of hydrogen-bond donors (Lipinski definition) is 1. The zero-order valence-corrected chi connectivity index (χ0v) is 12.7. The Labute approximate surface area is 123 Å². The molecule has 0 aromatic carbocycles. The van der Waals surface area contributed by atoms with Gasteiger partial charge in [0.1, 0.15) is 0 Å². The summed E-state index contributed by atoms with van der Waals surface area (Å²) >= 11 is 0. The first-order chi connectivity index (χ1) is 9.81. The lowest BCUT2D eigenvalue weighted by atomic mass is 9.91. The molecular weight excluding hydrogens is 248 g/mol. The van der Waals surface area contributed by atoms with Gasteiger partial charge in [0.2, 0.25) is 0 Å². The van der Waals surface area contributed by atoms with Gasteiger partial charge in [-0.1, -0.05) is 25.8 Å². The average Bonchev–Trinajstić information content (AvgIpc) is 2.48. The molecule has 1 heterocycles. The predicted octanol–water partition coefficient (Wildman–Crippen LogP) is 3.03. The molecule has 0 radical (unpaired) electrons.